The summed E-state index contributed by atoms with van der Waals surface area (Å²) in [4.78, 5) is 13.7. The lowest BCUT2D eigenvalue weighted by atomic mass is 9.99. The maximum Gasteiger partial charge on any atom is 0.221 e. The van der Waals surface area contributed by atoms with Gasteiger partial charge in [-0.3, -0.25) is 4.79 Å². The van der Waals surface area contributed by atoms with Crippen LogP contribution in [-0.2, 0) is 4.79 Å². The lowest BCUT2D eigenvalue weighted by Crippen LogP contribution is -2.39. The first-order chi connectivity index (χ1) is 8.26. The van der Waals surface area contributed by atoms with Crippen LogP contribution in [0.4, 0.5) is 0 Å². The summed E-state index contributed by atoms with van der Waals surface area (Å²) in [6.07, 6.45) is 4.40. The van der Waals surface area contributed by atoms with Crippen LogP contribution in [0, 0.1) is 5.92 Å². The van der Waals surface area contributed by atoms with Crippen molar-refractivity contribution in [2.75, 3.05) is 39.8 Å². The Labute approximate surface area is 105 Å². The van der Waals surface area contributed by atoms with E-state index in [4.69, 9.17) is 0 Å². The minimum Gasteiger partial charge on any atom is -0.359 e. The Hall–Kier alpha value is -0.610. The smallest absolute Gasteiger partial charge is 0.221 e. The zero-order chi connectivity index (χ0) is 12.5. The molecule has 1 saturated heterocycles. The Balaban J connectivity index is 2.28. The standard InChI is InChI=1S/C13H27N3O/c1-3-8-16(9-6-13(17)14-2)11-12-5-4-7-15-10-12/h12,15H,3-11H2,1-2H3,(H,14,17). The van der Waals surface area contributed by atoms with Gasteiger partial charge in [-0.25, -0.2) is 0 Å². The lowest BCUT2D eigenvalue weighted by molar-refractivity contribution is -0.120. The van der Waals surface area contributed by atoms with Crippen molar-refractivity contribution < 1.29 is 4.79 Å². The van der Waals surface area contributed by atoms with E-state index in [1.807, 2.05) is 0 Å². The summed E-state index contributed by atoms with van der Waals surface area (Å²) >= 11 is 0. The summed E-state index contributed by atoms with van der Waals surface area (Å²) in [6.45, 7) is 7.64. The van der Waals surface area contributed by atoms with Crippen molar-refractivity contribution >= 4 is 5.91 Å². The zero-order valence-electron chi connectivity index (χ0n) is 11.3. The minimum absolute atomic E-state index is 0.146. The first kappa shape index (κ1) is 14.5. The second-order valence-electron chi connectivity index (χ2n) is 4.94. The molecule has 100 valence electrons. The van der Waals surface area contributed by atoms with Gasteiger partial charge < -0.3 is 15.5 Å². The molecule has 0 aliphatic carbocycles. The Kier molecular flexibility index (Phi) is 7.21. The number of rotatable bonds is 7. The Morgan fingerprint density at radius 2 is 2.29 bits per heavy atom. The largest absolute Gasteiger partial charge is 0.359 e. The minimum atomic E-state index is 0.146. The third-order valence-corrected chi connectivity index (χ3v) is 3.39. The van der Waals surface area contributed by atoms with Crippen LogP contribution in [0.25, 0.3) is 0 Å². The van der Waals surface area contributed by atoms with Gasteiger partial charge in [-0.2, -0.15) is 0 Å². The highest BCUT2D eigenvalue weighted by atomic mass is 16.1. The molecular weight excluding hydrogens is 214 g/mol. The summed E-state index contributed by atoms with van der Waals surface area (Å²) in [6, 6.07) is 0. The van der Waals surface area contributed by atoms with Crippen molar-refractivity contribution in [3.8, 4) is 0 Å². The molecule has 1 fully saturated rings. The normalized spacial score (nSPS) is 20.5. The molecule has 2 N–H and O–H groups in total. The Bertz CT molecular complexity index is 215. The molecular formula is C13H27N3O. The summed E-state index contributed by atoms with van der Waals surface area (Å²) in [5, 5.41) is 6.14. The molecule has 0 aromatic heterocycles. The van der Waals surface area contributed by atoms with Crippen molar-refractivity contribution in [3.63, 3.8) is 0 Å². The number of nitrogens with one attached hydrogen (secondary N) is 2. The molecule has 0 radical (unpaired) electrons. The van der Waals surface area contributed by atoms with Gasteiger partial charge in [-0.15, -0.1) is 0 Å². The summed E-state index contributed by atoms with van der Waals surface area (Å²) < 4.78 is 0. The van der Waals surface area contributed by atoms with Gasteiger partial charge in [0.2, 0.25) is 5.91 Å². The van der Waals surface area contributed by atoms with Crippen LogP contribution in [0.5, 0.6) is 0 Å². The van der Waals surface area contributed by atoms with Gasteiger partial charge >= 0.3 is 0 Å². The molecule has 0 saturated carbocycles. The zero-order valence-corrected chi connectivity index (χ0v) is 11.3. The molecule has 0 bridgehead atoms. The summed E-state index contributed by atoms with van der Waals surface area (Å²) in [7, 11) is 1.71. The van der Waals surface area contributed by atoms with Crippen LogP contribution in [0.1, 0.15) is 32.6 Å². The molecule has 1 atom stereocenters. The van der Waals surface area contributed by atoms with Crippen LogP contribution in [0.2, 0.25) is 0 Å². The van der Waals surface area contributed by atoms with E-state index >= 15 is 0 Å². The predicted molar refractivity (Wildman–Crippen MR) is 71.0 cm³/mol. The Morgan fingerprint density at radius 1 is 1.47 bits per heavy atom. The molecule has 1 heterocycles. The van der Waals surface area contributed by atoms with Gasteiger partial charge in [-0.05, 0) is 44.8 Å². The molecule has 1 aliphatic rings. The molecule has 0 spiro atoms. The van der Waals surface area contributed by atoms with Gasteiger partial charge in [-0.1, -0.05) is 6.92 Å². The third kappa shape index (κ3) is 6.03. The molecule has 1 aliphatic heterocycles. The van der Waals surface area contributed by atoms with E-state index < -0.39 is 0 Å². The molecule has 1 amide bonds. The van der Waals surface area contributed by atoms with E-state index in [0.717, 1.165) is 38.5 Å². The molecule has 1 unspecified atom stereocenters. The fourth-order valence-electron chi connectivity index (χ4n) is 2.44. The van der Waals surface area contributed by atoms with Gasteiger partial charge in [0.05, 0.1) is 0 Å². The molecule has 1 rings (SSSR count). The molecule has 0 aromatic rings. The van der Waals surface area contributed by atoms with Crippen molar-refractivity contribution in [2.24, 2.45) is 5.92 Å². The monoisotopic (exact) mass is 241 g/mol. The quantitative estimate of drug-likeness (QED) is 0.694. The number of piperidine rings is 1. The van der Waals surface area contributed by atoms with Crippen LogP contribution < -0.4 is 10.6 Å². The Morgan fingerprint density at radius 3 is 2.88 bits per heavy atom. The third-order valence-electron chi connectivity index (χ3n) is 3.39. The maximum atomic E-state index is 11.3. The first-order valence-electron chi connectivity index (χ1n) is 6.90. The van der Waals surface area contributed by atoms with E-state index in [-0.39, 0.29) is 5.91 Å². The van der Waals surface area contributed by atoms with Crippen molar-refractivity contribution in [1.29, 1.82) is 0 Å². The van der Waals surface area contributed by atoms with Gasteiger partial charge in [0, 0.05) is 26.6 Å². The van der Waals surface area contributed by atoms with E-state index in [2.05, 4.69) is 22.5 Å². The molecule has 4 nitrogen and oxygen atoms in total. The number of nitrogens with zero attached hydrogens (tertiary/aromatic N) is 1. The van der Waals surface area contributed by atoms with Gasteiger partial charge in [0.15, 0.2) is 0 Å². The van der Waals surface area contributed by atoms with Crippen molar-refractivity contribution in [2.45, 2.75) is 32.6 Å². The number of hydrogen-bond acceptors (Lipinski definition) is 3. The summed E-state index contributed by atoms with van der Waals surface area (Å²) in [5.41, 5.74) is 0. The second kappa shape index (κ2) is 8.48. The topological polar surface area (TPSA) is 44.4 Å². The molecule has 17 heavy (non-hydrogen) atoms. The fraction of sp³-hybridized carbons (Fsp3) is 0.923. The number of carbonyl (C=O) groups is 1. The van der Waals surface area contributed by atoms with Crippen molar-refractivity contribution in [3.05, 3.63) is 0 Å². The average Bonchev–Trinajstić information content (AvgIpc) is 2.37. The highest BCUT2D eigenvalue weighted by Gasteiger charge is 2.16. The summed E-state index contributed by atoms with van der Waals surface area (Å²) in [5.74, 6) is 0.910. The fourth-order valence-corrected chi connectivity index (χ4v) is 2.44. The molecule has 4 heteroatoms. The highest BCUT2D eigenvalue weighted by molar-refractivity contribution is 5.75. The first-order valence-corrected chi connectivity index (χ1v) is 6.90. The number of amides is 1. The van der Waals surface area contributed by atoms with E-state index in [0.29, 0.717) is 6.42 Å². The number of hydrogen-bond donors (Lipinski definition) is 2. The van der Waals surface area contributed by atoms with E-state index in [9.17, 15) is 4.79 Å². The van der Waals surface area contributed by atoms with E-state index in [1.165, 1.54) is 19.4 Å². The SMILES string of the molecule is CCCN(CCC(=O)NC)CC1CCCNC1. The van der Waals surface area contributed by atoms with Gasteiger partial charge in [0.1, 0.15) is 0 Å². The van der Waals surface area contributed by atoms with E-state index in [1.54, 1.807) is 7.05 Å². The van der Waals surface area contributed by atoms with Crippen LogP contribution in [-0.4, -0.2) is 50.6 Å². The van der Waals surface area contributed by atoms with Crippen LogP contribution >= 0.6 is 0 Å². The van der Waals surface area contributed by atoms with Crippen molar-refractivity contribution in [1.82, 2.24) is 15.5 Å². The molecule has 0 aromatic carbocycles. The highest BCUT2D eigenvalue weighted by Crippen LogP contribution is 2.12. The van der Waals surface area contributed by atoms with Crippen LogP contribution in [0.15, 0.2) is 0 Å². The average molecular weight is 241 g/mol. The maximum absolute atomic E-state index is 11.3. The lowest BCUT2D eigenvalue weighted by Gasteiger charge is -2.29. The number of carbonyl (C=O) groups excluding carboxylic acids is 1. The van der Waals surface area contributed by atoms with Crippen LogP contribution in [0.3, 0.4) is 0 Å². The van der Waals surface area contributed by atoms with Gasteiger partial charge in [0.25, 0.3) is 0 Å². The predicted octanol–water partition coefficient (Wildman–Crippen LogP) is 0.834. The second-order valence-corrected chi connectivity index (χ2v) is 4.94.